The summed E-state index contributed by atoms with van der Waals surface area (Å²) in [6.07, 6.45) is 0.453. The van der Waals surface area contributed by atoms with Crippen molar-refractivity contribution < 1.29 is 4.79 Å². The number of hydrogen-bond donors (Lipinski definition) is 0. The second-order valence-corrected chi connectivity index (χ2v) is 6.58. The van der Waals surface area contributed by atoms with Crippen LogP contribution in [0, 0.1) is 6.92 Å². The van der Waals surface area contributed by atoms with Crippen molar-refractivity contribution in [2.45, 2.75) is 13.3 Å². The summed E-state index contributed by atoms with van der Waals surface area (Å²) in [6, 6.07) is 7.77. The molecule has 0 aliphatic heterocycles. The van der Waals surface area contributed by atoms with Crippen LogP contribution in [0.15, 0.2) is 38.6 Å². The largest absolute Gasteiger partial charge is 0.294 e. The standard InChI is InChI=1S/C13H10Br2OS/c1-8-4-9(6-10(14)5-8)12(16)7-13-11(15)2-3-17-13/h2-6H,7H2,1H3. The minimum Gasteiger partial charge on any atom is -0.294 e. The lowest BCUT2D eigenvalue weighted by Crippen LogP contribution is -2.03. The van der Waals surface area contributed by atoms with E-state index in [9.17, 15) is 4.79 Å². The third kappa shape index (κ3) is 3.27. The second kappa shape index (κ2) is 5.46. The number of benzene rings is 1. The van der Waals surface area contributed by atoms with Crippen LogP contribution >= 0.6 is 43.2 Å². The van der Waals surface area contributed by atoms with Crippen LogP contribution in [0.4, 0.5) is 0 Å². The summed E-state index contributed by atoms with van der Waals surface area (Å²) in [7, 11) is 0. The van der Waals surface area contributed by atoms with Crippen LogP contribution in [0.5, 0.6) is 0 Å². The minimum absolute atomic E-state index is 0.151. The van der Waals surface area contributed by atoms with Crippen molar-refractivity contribution in [2.75, 3.05) is 0 Å². The number of halogens is 2. The number of aryl methyl sites for hydroxylation is 1. The smallest absolute Gasteiger partial charge is 0.168 e. The molecule has 0 bridgehead atoms. The van der Waals surface area contributed by atoms with Gasteiger partial charge >= 0.3 is 0 Å². The van der Waals surface area contributed by atoms with Gasteiger partial charge in [0.05, 0.1) is 0 Å². The Hall–Kier alpha value is -0.450. The van der Waals surface area contributed by atoms with E-state index in [1.165, 1.54) is 0 Å². The van der Waals surface area contributed by atoms with Gasteiger partial charge < -0.3 is 0 Å². The normalized spacial score (nSPS) is 10.5. The van der Waals surface area contributed by atoms with Gasteiger partial charge in [-0.15, -0.1) is 11.3 Å². The summed E-state index contributed by atoms with van der Waals surface area (Å²) in [6.45, 7) is 1.99. The van der Waals surface area contributed by atoms with Crippen LogP contribution in [-0.2, 0) is 6.42 Å². The van der Waals surface area contributed by atoms with Gasteiger partial charge in [0.15, 0.2) is 5.78 Å². The fourth-order valence-corrected chi connectivity index (χ4v) is 3.70. The number of Topliss-reactive ketones (excluding diaryl/α,β-unsaturated/α-hetero) is 1. The molecule has 17 heavy (non-hydrogen) atoms. The Bertz CT molecular complexity index is 540. The van der Waals surface area contributed by atoms with E-state index in [1.54, 1.807) is 11.3 Å². The highest BCUT2D eigenvalue weighted by molar-refractivity contribution is 9.10. The molecule has 0 fully saturated rings. The molecule has 1 nitrogen and oxygen atoms in total. The van der Waals surface area contributed by atoms with Crippen LogP contribution in [-0.4, -0.2) is 5.78 Å². The minimum atomic E-state index is 0.151. The maximum absolute atomic E-state index is 12.1. The molecule has 1 heterocycles. The lowest BCUT2D eigenvalue weighted by Gasteiger charge is -2.03. The molecule has 0 saturated carbocycles. The average Bonchev–Trinajstić information content (AvgIpc) is 2.63. The molecule has 1 aromatic carbocycles. The Labute approximate surface area is 121 Å². The number of hydrogen-bond acceptors (Lipinski definition) is 2. The first-order valence-corrected chi connectivity index (χ1v) is 7.55. The van der Waals surface area contributed by atoms with Crippen LogP contribution in [0.25, 0.3) is 0 Å². The highest BCUT2D eigenvalue weighted by atomic mass is 79.9. The predicted molar refractivity (Wildman–Crippen MR) is 78.9 cm³/mol. The molecule has 88 valence electrons. The van der Waals surface area contributed by atoms with Gasteiger partial charge in [-0.1, -0.05) is 15.9 Å². The molecule has 0 radical (unpaired) electrons. The summed E-state index contributed by atoms with van der Waals surface area (Å²) in [5.41, 5.74) is 1.85. The molecule has 0 aliphatic carbocycles. The number of rotatable bonds is 3. The first-order valence-electron chi connectivity index (χ1n) is 5.08. The van der Waals surface area contributed by atoms with E-state index in [2.05, 4.69) is 31.9 Å². The van der Waals surface area contributed by atoms with Gasteiger partial charge in [0, 0.05) is 25.8 Å². The highest BCUT2D eigenvalue weighted by Gasteiger charge is 2.11. The third-order valence-corrected chi connectivity index (χ3v) is 4.76. The van der Waals surface area contributed by atoms with Crippen molar-refractivity contribution in [3.8, 4) is 0 Å². The maximum atomic E-state index is 12.1. The molecule has 2 aromatic rings. The predicted octanol–water partition coefficient (Wildman–Crippen LogP) is 5.01. The number of thiophene rings is 1. The van der Waals surface area contributed by atoms with Crippen molar-refractivity contribution in [2.24, 2.45) is 0 Å². The fourth-order valence-electron chi connectivity index (χ4n) is 1.60. The summed E-state index contributed by atoms with van der Waals surface area (Å²) < 4.78 is 1.97. The van der Waals surface area contributed by atoms with Gasteiger partial charge in [-0.25, -0.2) is 0 Å². The van der Waals surface area contributed by atoms with E-state index in [0.29, 0.717) is 6.42 Å². The quantitative estimate of drug-likeness (QED) is 0.691. The summed E-state index contributed by atoms with van der Waals surface area (Å²) in [5, 5.41) is 1.98. The van der Waals surface area contributed by atoms with E-state index in [1.807, 2.05) is 36.6 Å². The number of carbonyl (C=O) groups is 1. The van der Waals surface area contributed by atoms with Gasteiger partial charge in [0.1, 0.15) is 0 Å². The van der Waals surface area contributed by atoms with Crippen LogP contribution in [0.1, 0.15) is 20.8 Å². The zero-order valence-electron chi connectivity index (χ0n) is 9.17. The fraction of sp³-hybridized carbons (Fsp3) is 0.154. The lowest BCUT2D eigenvalue weighted by molar-refractivity contribution is 0.0993. The number of carbonyl (C=O) groups excluding carboxylic acids is 1. The molecular weight excluding hydrogens is 364 g/mol. The van der Waals surface area contributed by atoms with E-state index in [0.717, 1.165) is 24.9 Å². The van der Waals surface area contributed by atoms with Gasteiger partial charge in [0.2, 0.25) is 0 Å². The third-order valence-electron chi connectivity index (χ3n) is 2.38. The molecule has 0 aliphatic rings. The highest BCUT2D eigenvalue weighted by Crippen LogP contribution is 2.25. The molecule has 0 amide bonds. The van der Waals surface area contributed by atoms with Gasteiger partial charge in [-0.2, -0.15) is 0 Å². The van der Waals surface area contributed by atoms with E-state index >= 15 is 0 Å². The molecule has 0 unspecified atom stereocenters. The van der Waals surface area contributed by atoms with Crippen molar-refractivity contribution in [1.29, 1.82) is 0 Å². The zero-order chi connectivity index (χ0) is 12.4. The zero-order valence-corrected chi connectivity index (χ0v) is 13.2. The monoisotopic (exact) mass is 372 g/mol. The van der Waals surface area contributed by atoms with Crippen LogP contribution in [0.3, 0.4) is 0 Å². The van der Waals surface area contributed by atoms with Crippen molar-refractivity contribution in [1.82, 2.24) is 0 Å². The van der Waals surface area contributed by atoms with Gasteiger partial charge in [-0.3, -0.25) is 4.79 Å². The molecule has 4 heteroatoms. The second-order valence-electron chi connectivity index (χ2n) is 3.81. The Morgan fingerprint density at radius 1 is 1.29 bits per heavy atom. The number of ketones is 1. The summed E-state index contributed by atoms with van der Waals surface area (Å²) in [5.74, 6) is 0.151. The molecule has 0 saturated heterocycles. The van der Waals surface area contributed by atoms with Crippen molar-refractivity contribution in [3.05, 3.63) is 54.6 Å². The molecule has 0 N–H and O–H groups in total. The average molecular weight is 374 g/mol. The Morgan fingerprint density at radius 2 is 2.06 bits per heavy atom. The van der Waals surface area contributed by atoms with Gasteiger partial charge in [0.25, 0.3) is 0 Å². The van der Waals surface area contributed by atoms with E-state index in [-0.39, 0.29) is 5.78 Å². The molecule has 0 atom stereocenters. The SMILES string of the molecule is Cc1cc(Br)cc(C(=O)Cc2sccc2Br)c1. The van der Waals surface area contributed by atoms with E-state index < -0.39 is 0 Å². The molecular formula is C13H10Br2OS. The Balaban J connectivity index is 2.23. The first kappa shape index (κ1) is 13.0. The molecule has 2 rings (SSSR count). The van der Waals surface area contributed by atoms with Crippen molar-refractivity contribution in [3.63, 3.8) is 0 Å². The Morgan fingerprint density at radius 3 is 2.65 bits per heavy atom. The van der Waals surface area contributed by atoms with Gasteiger partial charge in [-0.05, 0) is 58.1 Å². The van der Waals surface area contributed by atoms with E-state index in [4.69, 9.17) is 0 Å². The topological polar surface area (TPSA) is 17.1 Å². The molecule has 0 spiro atoms. The molecule has 1 aromatic heterocycles. The Kier molecular flexibility index (Phi) is 4.17. The first-order chi connectivity index (χ1) is 8.06. The maximum Gasteiger partial charge on any atom is 0.168 e. The van der Waals surface area contributed by atoms with Crippen molar-refractivity contribution >= 4 is 49.0 Å². The lowest BCUT2D eigenvalue weighted by atomic mass is 10.1. The summed E-state index contributed by atoms with van der Waals surface area (Å²) in [4.78, 5) is 13.2. The van der Waals surface area contributed by atoms with Crippen LogP contribution in [0.2, 0.25) is 0 Å². The summed E-state index contributed by atoms with van der Waals surface area (Å²) >= 11 is 8.46. The van der Waals surface area contributed by atoms with Crippen LogP contribution < -0.4 is 0 Å².